The van der Waals surface area contributed by atoms with Gasteiger partial charge in [-0.05, 0) is 31.9 Å². The summed E-state index contributed by atoms with van der Waals surface area (Å²) in [6, 6.07) is 8.81. The van der Waals surface area contributed by atoms with E-state index in [-0.39, 0.29) is 6.04 Å². The summed E-state index contributed by atoms with van der Waals surface area (Å²) in [7, 11) is -3.28. The van der Waals surface area contributed by atoms with Gasteiger partial charge in [-0.15, -0.1) is 0 Å². The Labute approximate surface area is 97.1 Å². The minimum atomic E-state index is -3.28. The van der Waals surface area contributed by atoms with Crippen LogP contribution in [-0.2, 0) is 10.0 Å². The van der Waals surface area contributed by atoms with E-state index in [1.165, 1.54) is 0 Å². The molecular weight excluding hydrogens is 222 g/mol. The van der Waals surface area contributed by atoms with Crippen LogP contribution in [0.15, 0.2) is 35.2 Å². The van der Waals surface area contributed by atoms with Crippen molar-refractivity contribution in [3.8, 4) is 0 Å². The highest BCUT2D eigenvalue weighted by Gasteiger charge is 2.30. The lowest BCUT2D eigenvalue weighted by molar-refractivity contribution is 0.268. The second-order valence-electron chi connectivity index (χ2n) is 4.27. The zero-order chi connectivity index (χ0) is 11.6. The molecule has 0 radical (unpaired) electrons. The van der Waals surface area contributed by atoms with Crippen molar-refractivity contribution in [3.63, 3.8) is 0 Å². The number of benzene rings is 1. The molecule has 1 aliphatic rings. The van der Waals surface area contributed by atoms with E-state index >= 15 is 0 Å². The minimum absolute atomic E-state index is 0.124. The van der Waals surface area contributed by atoms with Crippen LogP contribution in [0.2, 0.25) is 0 Å². The van der Waals surface area contributed by atoms with Crippen LogP contribution in [0.25, 0.3) is 0 Å². The zero-order valence-electron chi connectivity index (χ0n) is 9.46. The van der Waals surface area contributed by atoms with Gasteiger partial charge in [0.15, 0.2) is 0 Å². The smallest absolute Gasteiger partial charge is 0.207 e. The van der Waals surface area contributed by atoms with E-state index in [1.807, 2.05) is 13.0 Å². The van der Waals surface area contributed by atoms with Gasteiger partial charge in [-0.25, -0.2) is 8.42 Å². The summed E-state index contributed by atoms with van der Waals surface area (Å²) < 4.78 is 26.3. The van der Waals surface area contributed by atoms with Crippen molar-refractivity contribution >= 4 is 10.0 Å². The maximum Gasteiger partial charge on any atom is 0.243 e. The highest BCUT2D eigenvalue weighted by molar-refractivity contribution is 7.89. The van der Waals surface area contributed by atoms with Crippen molar-refractivity contribution in [3.05, 3.63) is 30.3 Å². The molecule has 1 heterocycles. The van der Waals surface area contributed by atoms with Gasteiger partial charge in [0.05, 0.1) is 4.90 Å². The normalized spacial score (nSPS) is 23.2. The quantitative estimate of drug-likeness (QED) is 0.793. The average molecular weight is 239 g/mol. The van der Waals surface area contributed by atoms with Crippen LogP contribution in [0.1, 0.15) is 26.2 Å². The van der Waals surface area contributed by atoms with Crippen LogP contribution < -0.4 is 0 Å². The second-order valence-corrected chi connectivity index (χ2v) is 6.16. The first-order chi connectivity index (χ1) is 7.62. The third-order valence-electron chi connectivity index (χ3n) is 3.09. The Hall–Kier alpha value is -0.870. The predicted molar refractivity (Wildman–Crippen MR) is 63.6 cm³/mol. The van der Waals surface area contributed by atoms with E-state index in [9.17, 15) is 8.42 Å². The van der Waals surface area contributed by atoms with Gasteiger partial charge in [-0.2, -0.15) is 4.31 Å². The number of piperidine rings is 1. The van der Waals surface area contributed by atoms with Gasteiger partial charge in [-0.1, -0.05) is 24.6 Å². The zero-order valence-corrected chi connectivity index (χ0v) is 10.3. The van der Waals surface area contributed by atoms with Crippen LogP contribution in [0.5, 0.6) is 0 Å². The first-order valence-electron chi connectivity index (χ1n) is 5.69. The van der Waals surface area contributed by atoms with E-state index in [4.69, 9.17) is 0 Å². The molecule has 2 rings (SSSR count). The second kappa shape index (κ2) is 4.55. The number of nitrogens with zero attached hydrogens (tertiary/aromatic N) is 1. The molecule has 0 spiro atoms. The molecule has 1 atom stereocenters. The van der Waals surface area contributed by atoms with Gasteiger partial charge >= 0.3 is 0 Å². The monoisotopic (exact) mass is 239 g/mol. The van der Waals surface area contributed by atoms with Crippen LogP contribution >= 0.6 is 0 Å². The molecule has 1 aliphatic heterocycles. The molecule has 1 aromatic rings. The number of hydrogen-bond donors (Lipinski definition) is 0. The molecular formula is C12H17NO2S. The van der Waals surface area contributed by atoms with E-state index in [0.717, 1.165) is 19.3 Å². The molecule has 1 unspecified atom stereocenters. The van der Waals surface area contributed by atoms with Gasteiger partial charge in [0.1, 0.15) is 0 Å². The Balaban J connectivity index is 2.32. The average Bonchev–Trinajstić information content (AvgIpc) is 2.30. The molecule has 16 heavy (non-hydrogen) atoms. The minimum Gasteiger partial charge on any atom is -0.207 e. The first-order valence-corrected chi connectivity index (χ1v) is 7.13. The van der Waals surface area contributed by atoms with Crippen LogP contribution in [0, 0.1) is 0 Å². The molecule has 1 saturated heterocycles. The summed E-state index contributed by atoms with van der Waals surface area (Å²) in [6.07, 6.45) is 3.06. The Morgan fingerprint density at radius 3 is 2.50 bits per heavy atom. The highest BCUT2D eigenvalue weighted by atomic mass is 32.2. The number of sulfonamides is 1. The summed E-state index contributed by atoms with van der Waals surface area (Å²) in [6.45, 7) is 2.64. The van der Waals surface area contributed by atoms with Gasteiger partial charge in [0.2, 0.25) is 10.0 Å². The number of hydrogen-bond acceptors (Lipinski definition) is 2. The fourth-order valence-corrected chi connectivity index (χ4v) is 3.88. The lowest BCUT2D eigenvalue weighted by Gasteiger charge is -2.32. The van der Waals surface area contributed by atoms with E-state index < -0.39 is 10.0 Å². The summed E-state index contributed by atoms with van der Waals surface area (Å²) in [5.41, 5.74) is 0. The molecule has 3 nitrogen and oxygen atoms in total. The van der Waals surface area contributed by atoms with Crippen LogP contribution in [0.4, 0.5) is 0 Å². The topological polar surface area (TPSA) is 37.4 Å². The van der Waals surface area contributed by atoms with Crippen molar-refractivity contribution in [2.45, 2.75) is 37.1 Å². The van der Waals surface area contributed by atoms with Gasteiger partial charge < -0.3 is 0 Å². The van der Waals surface area contributed by atoms with Crippen molar-refractivity contribution in [1.29, 1.82) is 0 Å². The van der Waals surface area contributed by atoms with Gasteiger partial charge in [0.25, 0.3) is 0 Å². The van der Waals surface area contributed by atoms with Crippen molar-refractivity contribution < 1.29 is 8.42 Å². The Bertz CT molecular complexity index is 441. The molecule has 1 fully saturated rings. The fourth-order valence-electron chi connectivity index (χ4n) is 2.16. The summed E-state index contributed by atoms with van der Waals surface area (Å²) >= 11 is 0. The largest absolute Gasteiger partial charge is 0.243 e. The van der Waals surface area contributed by atoms with Gasteiger partial charge in [-0.3, -0.25) is 0 Å². The van der Waals surface area contributed by atoms with E-state index in [0.29, 0.717) is 11.4 Å². The molecule has 1 aromatic carbocycles. The Kier molecular flexibility index (Phi) is 3.30. The standard InChI is InChI=1S/C12H17NO2S/c1-11-7-5-6-10-13(11)16(14,15)12-8-3-2-4-9-12/h2-4,8-9,11H,5-7,10H2,1H3. The lowest BCUT2D eigenvalue weighted by atomic mass is 10.1. The Morgan fingerprint density at radius 2 is 1.88 bits per heavy atom. The third-order valence-corrected chi connectivity index (χ3v) is 5.12. The number of rotatable bonds is 2. The van der Waals surface area contributed by atoms with Crippen molar-refractivity contribution in [1.82, 2.24) is 4.31 Å². The predicted octanol–water partition coefficient (Wildman–Crippen LogP) is 2.25. The SMILES string of the molecule is CC1CCCCN1S(=O)(=O)c1ccccc1. The maximum atomic E-state index is 12.3. The van der Waals surface area contributed by atoms with E-state index in [1.54, 1.807) is 28.6 Å². The molecule has 4 heteroatoms. The molecule has 88 valence electrons. The lowest BCUT2D eigenvalue weighted by Crippen LogP contribution is -2.41. The summed E-state index contributed by atoms with van der Waals surface area (Å²) in [5.74, 6) is 0. The van der Waals surface area contributed by atoms with Crippen LogP contribution in [0.3, 0.4) is 0 Å². The summed E-state index contributed by atoms with van der Waals surface area (Å²) in [4.78, 5) is 0.406. The molecule has 0 saturated carbocycles. The Morgan fingerprint density at radius 1 is 1.19 bits per heavy atom. The molecule has 0 N–H and O–H groups in total. The van der Waals surface area contributed by atoms with E-state index in [2.05, 4.69) is 0 Å². The maximum absolute atomic E-state index is 12.3. The molecule has 0 aromatic heterocycles. The first kappa shape index (κ1) is 11.6. The summed E-state index contributed by atoms with van der Waals surface area (Å²) in [5, 5.41) is 0. The highest BCUT2D eigenvalue weighted by Crippen LogP contribution is 2.24. The van der Waals surface area contributed by atoms with Crippen LogP contribution in [-0.4, -0.2) is 25.3 Å². The molecule has 0 bridgehead atoms. The van der Waals surface area contributed by atoms with Gasteiger partial charge in [0, 0.05) is 12.6 Å². The molecule has 0 aliphatic carbocycles. The third kappa shape index (κ3) is 2.13. The molecule has 0 amide bonds. The van der Waals surface area contributed by atoms with Crippen molar-refractivity contribution in [2.75, 3.05) is 6.54 Å². The fraction of sp³-hybridized carbons (Fsp3) is 0.500. The van der Waals surface area contributed by atoms with Crippen molar-refractivity contribution in [2.24, 2.45) is 0 Å².